The predicted octanol–water partition coefficient (Wildman–Crippen LogP) is 1.18. The van der Waals surface area contributed by atoms with Crippen LogP contribution < -0.4 is 4.74 Å². The number of rotatable bonds is 3. The molecule has 1 rings (SSSR count). The van der Waals surface area contributed by atoms with Crippen LogP contribution in [0.15, 0.2) is 4.52 Å². The van der Waals surface area contributed by atoms with Crippen LogP contribution in [0.4, 0.5) is 0 Å². The minimum atomic E-state index is -0.943. The van der Waals surface area contributed by atoms with Crippen molar-refractivity contribution in [3.05, 3.63) is 11.3 Å². The fourth-order valence-electron chi connectivity index (χ4n) is 1.04. The molecule has 72 valence electrons. The second kappa shape index (κ2) is 3.47. The van der Waals surface area contributed by atoms with E-state index in [2.05, 4.69) is 5.16 Å². The summed E-state index contributed by atoms with van der Waals surface area (Å²) >= 11 is 0. The van der Waals surface area contributed by atoms with Gasteiger partial charge in [-0.25, -0.2) is 0 Å². The Hall–Kier alpha value is -1.52. The molecule has 0 aliphatic carbocycles. The topological polar surface area (TPSA) is 72.6 Å². The molecule has 0 saturated carbocycles. The van der Waals surface area contributed by atoms with E-state index in [4.69, 9.17) is 14.4 Å². The third-order valence-corrected chi connectivity index (χ3v) is 1.87. The first-order valence-electron chi connectivity index (χ1n) is 3.81. The van der Waals surface area contributed by atoms with Crippen molar-refractivity contribution in [2.24, 2.45) is 0 Å². The van der Waals surface area contributed by atoms with Crippen molar-refractivity contribution >= 4 is 5.97 Å². The predicted molar refractivity (Wildman–Crippen MR) is 43.8 cm³/mol. The van der Waals surface area contributed by atoms with Crippen LogP contribution in [-0.2, 0) is 4.79 Å². The highest BCUT2D eigenvalue weighted by Gasteiger charge is 2.23. The zero-order valence-corrected chi connectivity index (χ0v) is 7.70. The number of nitrogens with zero attached hydrogens (tertiary/aromatic N) is 1. The summed E-state index contributed by atoms with van der Waals surface area (Å²) in [6.45, 7) is 3.25. The zero-order chi connectivity index (χ0) is 10.0. The van der Waals surface area contributed by atoms with Gasteiger partial charge >= 0.3 is 5.97 Å². The van der Waals surface area contributed by atoms with Gasteiger partial charge in [0.05, 0.1) is 12.7 Å². The number of methoxy groups -OCH3 is 1. The lowest BCUT2D eigenvalue weighted by molar-refractivity contribution is -0.138. The van der Waals surface area contributed by atoms with Crippen molar-refractivity contribution in [3.8, 4) is 5.88 Å². The summed E-state index contributed by atoms with van der Waals surface area (Å²) in [5.74, 6) is -0.967. The first-order chi connectivity index (χ1) is 6.07. The van der Waals surface area contributed by atoms with Gasteiger partial charge in [0, 0.05) is 0 Å². The van der Waals surface area contributed by atoms with Crippen molar-refractivity contribution in [1.82, 2.24) is 5.16 Å². The number of hydrogen-bond acceptors (Lipinski definition) is 4. The molecule has 1 N–H and O–H groups in total. The van der Waals surface area contributed by atoms with Gasteiger partial charge in [0.25, 0.3) is 5.88 Å². The molecule has 0 saturated heterocycles. The smallest absolute Gasteiger partial charge is 0.314 e. The SMILES string of the molecule is COc1noc(C(C)C(=O)O)c1C. The van der Waals surface area contributed by atoms with Gasteiger partial charge in [0.1, 0.15) is 5.92 Å². The van der Waals surface area contributed by atoms with Gasteiger partial charge in [0.2, 0.25) is 0 Å². The van der Waals surface area contributed by atoms with Crippen LogP contribution in [0.2, 0.25) is 0 Å². The zero-order valence-electron chi connectivity index (χ0n) is 7.70. The van der Waals surface area contributed by atoms with E-state index in [1.165, 1.54) is 14.0 Å². The van der Waals surface area contributed by atoms with Crippen LogP contribution in [0.1, 0.15) is 24.2 Å². The van der Waals surface area contributed by atoms with Crippen molar-refractivity contribution in [2.75, 3.05) is 7.11 Å². The Morgan fingerprint density at radius 3 is 2.69 bits per heavy atom. The van der Waals surface area contributed by atoms with Gasteiger partial charge in [-0.1, -0.05) is 0 Å². The summed E-state index contributed by atoms with van der Waals surface area (Å²) < 4.78 is 9.71. The highest BCUT2D eigenvalue weighted by Crippen LogP contribution is 2.26. The first kappa shape index (κ1) is 9.57. The molecule has 1 unspecified atom stereocenters. The molecule has 0 radical (unpaired) electrons. The van der Waals surface area contributed by atoms with Crippen molar-refractivity contribution in [3.63, 3.8) is 0 Å². The summed E-state index contributed by atoms with van der Waals surface area (Å²) in [5, 5.41) is 12.3. The van der Waals surface area contributed by atoms with Crippen LogP contribution in [0.5, 0.6) is 5.88 Å². The minimum Gasteiger partial charge on any atom is -0.481 e. The molecule has 1 heterocycles. The van der Waals surface area contributed by atoms with Gasteiger partial charge < -0.3 is 14.4 Å². The summed E-state index contributed by atoms with van der Waals surface area (Å²) in [5.41, 5.74) is 0.636. The molecule has 1 atom stereocenters. The third-order valence-electron chi connectivity index (χ3n) is 1.87. The van der Waals surface area contributed by atoms with Gasteiger partial charge in [-0.05, 0) is 19.0 Å². The minimum absolute atomic E-state index is 0.336. The molecule has 5 heteroatoms. The average molecular weight is 185 g/mol. The fraction of sp³-hybridized carbons (Fsp3) is 0.500. The molecular formula is C8H11NO4. The number of carboxylic acid groups (broad SMARTS) is 1. The monoisotopic (exact) mass is 185 g/mol. The van der Waals surface area contributed by atoms with E-state index in [1.807, 2.05) is 0 Å². The molecule has 13 heavy (non-hydrogen) atoms. The van der Waals surface area contributed by atoms with Crippen LogP contribution in [0.25, 0.3) is 0 Å². The Kier molecular flexibility index (Phi) is 2.55. The molecule has 1 aromatic heterocycles. The maximum Gasteiger partial charge on any atom is 0.314 e. The van der Waals surface area contributed by atoms with Gasteiger partial charge in [0.15, 0.2) is 5.76 Å². The van der Waals surface area contributed by atoms with Crippen molar-refractivity contribution < 1.29 is 19.2 Å². The van der Waals surface area contributed by atoms with E-state index in [9.17, 15) is 4.79 Å². The largest absolute Gasteiger partial charge is 0.481 e. The average Bonchev–Trinajstić information content (AvgIpc) is 2.45. The molecule has 0 spiro atoms. The summed E-state index contributed by atoms with van der Waals surface area (Å²) in [6.07, 6.45) is 0. The molecule has 5 nitrogen and oxygen atoms in total. The fourth-order valence-corrected chi connectivity index (χ4v) is 1.04. The number of aromatic nitrogens is 1. The van der Waals surface area contributed by atoms with Crippen molar-refractivity contribution in [2.45, 2.75) is 19.8 Å². The van der Waals surface area contributed by atoms with E-state index < -0.39 is 11.9 Å². The summed E-state index contributed by atoms with van der Waals surface area (Å²) in [6, 6.07) is 0. The van der Waals surface area contributed by atoms with Crippen LogP contribution in [0.3, 0.4) is 0 Å². The normalized spacial score (nSPS) is 12.5. The van der Waals surface area contributed by atoms with E-state index in [-0.39, 0.29) is 0 Å². The van der Waals surface area contributed by atoms with E-state index in [0.717, 1.165) is 0 Å². The lowest BCUT2D eigenvalue weighted by Crippen LogP contribution is -2.07. The molecule has 0 bridgehead atoms. The first-order valence-corrected chi connectivity index (χ1v) is 3.81. The highest BCUT2D eigenvalue weighted by molar-refractivity contribution is 5.75. The molecule has 0 fully saturated rings. The summed E-state index contributed by atoms with van der Waals surface area (Å²) in [7, 11) is 1.46. The third kappa shape index (κ3) is 1.63. The Morgan fingerprint density at radius 1 is 1.69 bits per heavy atom. The Morgan fingerprint density at radius 2 is 2.31 bits per heavy atom. The molecule has 0 aromatic carbocycles. The molecule has 0 aliphatic rings. The van der Waals surface area contributed by atoms with Crippen LogP contribution in [-0.4, -0.2) is 23.3 Å². The van der Waals surface area contributed by atoms with Crippen molar-refractivity contribution in [1.29, 1.82) is 0 Å². The lowest BCUT2D eigenvalue weighted by Gasteiger charge is -2.01. The van der Waals surface area contributed by atoms with Crippen LogP contribution in [0, 0.1) is 6.92 Å². The number of carbonyl (C=O) groups is 1. The standard InChI is InChI=1S/C8H11NO4/c1-4-6(5(2)8(10)11)13-9-7(4)12-3/h5H,1-3H3,(H,10,11). The van der Waals surface area contributed by atoms with Gasteiger partial charge in [-0.15, -0.1) is 0 Å². The quantitative estimate of drug-likeness (QED) is 0.765. The number of carboxylic acids is 1. The Bertz CT molecular complexity index is 318. The number of aliphatic carboxylic acids is 1. The second-order valence-corrected chi connectivity index (χ2v) is 2.74. The Balaban J connectivity index is 3.02. The van der Waals surface area contributed by atoms with E-state index in [1.54, 1.807) is 6.92 Å². The van der Waals surface area contributed by atoms with Gasteiger partial charge in [-0.2, -0.15) is 0 Å². The van der Waals surface area contributed by atoms with E-state index >= 15 is 0 Å². The van der Waals surface area contributed by atoms with Gasteiger partial charge in [-0.3, -0.25) is 4.79 Å². The lowest BCUT2D eigenvalue weighted by atomic mass is 10.1. The second-order valence-electron chi connectivity index (χ2n) is 2.74. The summed E-state index contributed by atoms with van der Waals surface area (Å²) in [4.78, 5) is 10.6. The van der Waals surface area contributed by atoms with E-state index in [0.29, 0.717) is 17.2 Å². The molecular weight excluding hydrogens is 174 g/mol. The molecule has 1 aromatic rings. The number of hydrogen-bond donors (Lipinski definition) is 1. The van der Waals surface area contributed by atoms with Crippen LogP contribution >= 0.6 is 0 Å². The highest BCUT2D eigenvalue weighted by atomic mass is 16.5. The molecule has 0 aliphatic heterocycles. The molecule has 0 amide bonds. The number of ether oxygens (including phenoxy) is 1. The maximum atomic E-state index is 10.6. The maximum absolute atomic E-state index is 10.6. The Labute approximate surface area is 75.3 Å².